The van der Waals surface area contributed by atoms with Crippen molar-refractivity contribution in [3.05, 3.63) is 105 Å². The Balaban J connectivity index is 1.46. The molecule has 4 fully saturated rings. The monoisotopic (exact) mass is 683 g/mol. The lowest BCUT2D eigenvalue weighted by atomic mass is 9.55. The molecule has 4 aliphatic heterocycles. The second-order valence-corrected chi connectivity index (χ2v) is 14.1. The highest BCUT2D eigenvalue weighted by atomic mass is 35.5. The molecule has 0 aromatic heterocycles. The van der Waals surface area contributed by atoms with E-state index in [9.17, 15) is 31.1 Å². The summed E-state index contributed by atoms with van der Waals surface area (Å²) in [6.07, 6.45) is -6.55. The molecule has 3 aromatic carbocycles. The Morgan fingerprint density at radius 3 is 2.02 bits per heavy atom. The van der Waals surface area contributed by atoms with Crippen molar-refractivity contribution in [3.8, 4) is 0 Å². The molecule has 0 spiro atoms. The van der Waals surface area contributed by atoms with E-state index >= 15 is 0 Å². The van der Waals surface area contributed by atoms with Crippen LogP contribution in [0.15, 0.2) is 66.7 Å². The molecule has 1 amide bonds. The molecule has 0 radical (unpaired) electrons. The van der Waals surface area contributed by atoms with E-state index < -0.39 is 28.9 Å². The maximum absolute atomic E-state index is 13.7. The first-order valence-electron chi connectivity index (χ1n) is 15.5. The number of carbonyl (C=O) groups excluding carboxylic acids is 1. The molecule has 4 saturated heterocycles. The molecule has 7 rings (SSSR count). The number of likely N-dealkylation sites (N-methyl/N-ethyl adjacent to an activating group) is 1. The number of piperidine rings is 4. The van der Waals surface area contributed by atoms with E-state index in [0.29, 0.717) is 28.6 Å². The number of amides is 1. The number of hydrogen-bond acceptors (Lipinski definition) is 1. The molecule has 0 aliphatic carbocycles. The third kappa shape index (κ3) is 5.81. The van der Waals surface area contributed by atoms with Crippen LogP contribution in [0.25, 0.3) is 0 Å². The van der Waals surface area contributed by atoms with Crippen molar-refractivity contribution < 1.29 is 35.6 Å². The topological polar surface area (TPSA) is 20.3 Å². The van der Waals surface area contributed by atoms with Crippen molar-refractivity contribution in [1.29, 1.82) is 0 Å². The number of halogens is 8. The highest BCUT2D eigenvalue weighted by molar-refractivity contribution is 6.42. The lowest BCUT2D eigenvalue weighted by Crippen LogP contribution is -2.75. The molecule has 4 aliphatic rings. The summed E-state index contributed by atoms with van der Waals surface area (Å²) in [6.45, 7) is 4.64. The Morgan fingerprint density at radius 1 is 0.826 bits per heavy atom. The zero-order chi connectivity index (χ0) is 33.1. The van der Waals surface area contributed by atoms with Crippen molar-refractivity contribution >= 4 is 29.1 Å². The van der Waals surface area contributed by atoms with E-state index in [1.165, 1.54) is 10.5 Å². The maximum atomic E-state index is 13.7. The van der Waals surface area contributed by atoms with Gasteiger partial charge in [-0.1, -0.05) is 59.6 Å². The van der Waals surface area contributed by atoms with Gasteiger partial charge in [-0.05, 0) is 60.4 Å². The summed E-state index contributed by atoms with van der Waals surface area (Å²) in [5.41, 5.74) is -1.61. The van der Waals surface area contributed by atoms with Crippen molar-refractivity contribution in [1.82, 2.24) is 4.90 Å². The summed E-state index contributed by atoms with van der Waals surface area (Å²) in [4.78, 5) is 15.0. The van der Waals surface area contributed by atoms with Gasteiger partial charge in [0.2, 0.25) is 5.91 Å². The Kier molecular flexibility index (Phi) is 8.46. The Bertz CT molecular complexity index is 1590. The fourth-order valence-corrected chi connectivity index (χ4v) is 8.92. The first-order valence-corrected chi connectivity index (χ1v) is 16.3. The number of alkyl halides is 6. The van der Waals surface area contributed by atoms with Gasteiger partial charge < -0.3 is 9.38 Å². The smallest absolute Gasteiger partial charge is 0.337 e. The minimum atomic E-state index is -4.98. The molecule has 246 valence electrons. The fourth-order valence-electron chi connectivity index (χ4n) is 8.62. The van der Waals surface area contributed by atoms with Crippen molar-refractivity contribution in [2.75, 3.05) is 26.2 Å². The van der Waals surface area contributed by atoms with E-state index in [4.69, 9.17) is 23.2 Å². The number of rotatable bonds is 6. The van der Waals surface area contributed by atoms with Gasteiger partial charge in [-0.2, -0.15) is 26.3 Å². The Hall–Kier alpha value is -2.75. The summed E-state index contributed by atoms with van der Waals surface area (Å²) in [7, 11) is 0. The standard InChI is InChI=1S/C35H35Cl2F6N2O/c1-2-45-14-12-32(13-15-45,24-6-4-3-5-7-24)20-30(45)33(25-8-9-28(36)29(37)19-25)11-10-31(46)44(22-33)21-23-16-26(34(38,39)40)18-27(17-23)35(41,42)43/h3-9,16-19,30H,2,10-15,20-22H2,1H3/q+1. The minimum Gasteiger partial charge on any atom is -0.337 e. The molecular weight excluding hydrogens is 649 g/mol. The summed E-state index contributed by atoms with van der Waals surface area (Å²) in [6, 6.07) is 17.5. The van der Waals surface area contributed by atoms with Crippen LogP contribution >= 0.6 is 23.2 Å². The Morgan fingerprint density at radius 2 is 1.46 bits per heavy atom. The number of benzene rings is 3. The van der Waals surface area contributed by atoms with Crippen LogP contribution in [0.3, 0.4) is 0 Å². The molecule has 3 aromatic rings. The van der Waals surface area contributed by atoms with E-state index in [1.807, 2.05) is 30.3 Å². The minimum absolute atomic E-state index is 0.0142. The van der Waals surface area contributed by atoms with Crippen molar-refractivity contribution in [2.24, 2.45) is 0 Å². The predicted molar refractivity (Wildman–Crippen MR) is 166 cm³/mol. The van der Waals surface area contributed by atoms with E-state index in [2.05, 4.69) is 19.1 Å². The van der Waals surface area contributed by atoms with Crippen LogP contribution < -0.4 is 0 Å². The van der Waals surface area contributed by atoms with Crippen LogP contribution in [-0.2, 0) is 34.5 Å². The zero-order valence-corrected chi connectivity index (χ0v) is 26.8. The number of carbonyl (C=O) groups is 1. The zero-order valence-electron chi connectivity index (χ0n) is 25.3. The first kappa shape index (κ1) is 33.2. The van der Waals surface area contributed by atoms with Gasteiger partial charge in [0.05, 0.1) is 46.2 Å². The van der Waals surface area contributed by atoms with Gasteiger partial charge in [0.25, 0.3) is 0 Å². The predicted octanol–water partition coefficient (Wildman–Crippen LogP) is 9.43. The molecule has 0 N–H and O–H groups in total. The highest BCUT2D eigenvalue weighted by Gasteiger charge is 2.63. The average Bonchev–Trinajstić information content (AvgIpc) is 3.03. The molecule has 46 heavy (non-hydrogen) atoms. The van der Waals surface area contributed by atoms with E-state index in [1.54, 1.807) is 6.07 Å². The molecule has 2 unspecified atom stereocenters. The van der Waals surface area contributed by atoms with Gasteiger partial charge in [0.1, 0.15) is 6.04 Å². The molecule has 2 atom stereocenters. The van der Waals surface area contributed by atoms with Crippen LogP contribution in [0, 0.1) is 0 Å². The fraction of sp³-hybridized carbons (Fsp3) is 0.457. The highest BCUT2D eigenvalue weighted by Crippen LogP contribution is 2.56. The lowest BCUT2D eigenvalue weighted by Gasteiger charge is -2.64. The third-order valence-electron chi connectivity index (χ3n) is 11.1. The van der Waals surface area contributed by atoms with Crippen LogP contribution in [0.4, 0.5) is 26.3 Å². The summed E-state index contributed by atoms with van der Waals surface area (Å²) in [5, 5.41) is 0.727. The molecule has 3 nitrogen and oxygen atoms in total. The average molecular weight is 685 g/mol. The second-order valence-electron chi connectivity index (χ2n) is 13.3. The molecule has 11 heteroatoms. The van der Waals surface area contributed by atoms with Crippen molar-refractivity contribution in [2.45, 2.75) is 74.8 Å². The quantitative estimate of drug-likeness (QED) is 0.187. The molecular formula is C35H35Cl2F6N2O+. The van der Waals surface area contributed by atoms with Gasteiger partial charge in [-0.25, -0.2) is 0 Å². The van der Waals surface area contributed by atoms with E-state index in [0.717, 1.165) is 48.9 Å². The largest absolute Gasteiger partial charge is 0.416 e. The Labute approximate surface area is 274 Å². The number of likely N-dealkylation sites (tertiary alicyclic amines) is 1. The summed E-state index contributed by atoms with van der Waals surface area (Å²) >= 11 is 12.9. The third-order valence-corrected chi connectivity index (χ3v) is 11.8. The normalized spacial score (nSPS) is 28.5. The van der Waals surface area contributed by atoms with Crippen LogP contribution in [0.5, 0.6) is 0 Å². The summed E-state index contributed by atoms with van der Waals surface area (Å²) < 4.78 is 83.1. The second kappa shape index (κ2) is 11.7. The SMILES string of the molecule is CC[N+]12CCC(c3ccccc3)(CC1)CC2C1(c2ccc(Cl)c(Cl)c2)CCC(=O)N(Cc2cc(C(F)(F)F)cc(C(F)(F)F)c2)C1. The number of quaternary nitrogens is 1. The number of hydrogen-bond donors (Lipinski definition) is 0. The van der Waals surface area contributed by atoms with E-state index in [-0.39, 0.29) is 48.5 Å². The van der Waals surface area contributed by atoms with Gasteiger partial charge >= 0.3 is 12.4 Å². The van der Waals surface area contributed by atoms with Crippen LogP contribution in [0.1, 0.15) is 66.8 Å². The molecule has 4 heterocycles. The number of fused-ring (bicyclic) bond motifs is 3. The van der Waals surface area contributed by atoms with Gasteiger partial charge in [0.15, 0.2) is 0 Å². The first-order chi connectivity index (χ1) is 21.6. The maximum Gasteiger partial charge on any atom is 0.416 e. The van der Waals surface area contributed by atoms with Gasteiger partial charge in [0, 0.05) is 44.2 Å². The molecule has 2 bridgehead atoms. The molecule has 0 saturated carbocycles. The summed E-state index contributed by atoms with van der Waals surface area (Å²) in [5.74, 6) is -0.307. The van der Waals surface area contributed by atoms with Crippen LogP contribution in [0.2, 0.25) is 10.0 Å². The van der Waals surface area contributed by atoms with Crippen LogP contribution in [-0.4, -0.2) is 47.5 Å². The van der Waals surface area contributed by atoms with Crippen molar-refractivity contribution in [3.63, 3.8) is 0 Å². The number of nitrogens with zero attached hydrogens (tertiary/aromatic N) is 2. The van der Waals surface area contributed by atoms with Gasteiger partial charge in [-0.15, -0.1) is 0 Å². The van der Waals surface area contributed by atoms with Gasteiger partial charge in [-0.3, -0.25) is 4.79 Å². The lowest BCUT2D eigenvalue weighted by molar-refractivity contribution is -0.970.